The average Bonchev–Trinajstić information content (AvgIpc) is 2.53. The monoisotopic (exact) mass is 278 g/mol. The van der Waals surface area contributed by atoms with Gasteiger partial charge in [-0.25, -0.2) is 0 Å². The lowest BCUT2D eigenvalue weighted by atomic mass is 10.1. The zero-order valence-electron chi connectivity index (χ0n) is 11.3. The normalized spacial score (nSPS) is 10.5. The Labute approximate surface area is 122 Å². The van der Waals surface area contributed by atoms with Crippen LogP contribution in [0.3, 0.4) is 0 Å². The molecule has 2 N–H and O–H groups in total. The molecule has 0 aliphatic carbocycles. The second-order valence-corrected chi connectivity index (χ2v) is 4.67. The number of carbonyl (C=O) groups is 1. The topological polar surface area (TPSA) is 65.2 Å². The molecule has 2 aromatic carbocycles. The van der Waals surface area contributed by atoms with Gasteiger partial charge in [0, 0.05) is 22.7 Å². The molecular formula is C17H14N2O2. The molecule has 104 valence electrons. The van der Waals surface area contributed by atoms with Crippen molar-refractivity contribution in [2.75, 3.05) is 0 Å². The van der Waals surface area contributed by atoms with Gasteiger partial charge in [-0.15, -0.1) is 0 Å². The van der Waals surface area contributed by atoms with E-state index in [9.17, 15) is 4.79 Å². The van der Waals surface area contributed by atoms with Crippen molar-refractivity contribution in [2.45, 2.75) is 6.61 Å². The first-order valence-electron chi connectivity index (χ1n) is 6.59. The number of fused-ring (bicyclic) bond motifs is 1. The van der Waals surface area contributed by atoms with Crippen molar-refractivity contribution in [2.24, 2.45) is 5.73 Å². The van der Waals surface area contributed by atoms with Crippen molar-refractivity contribution in [3.05, 3.63) is 71.9 Å². The quantitative estimate of drug-likeness (QED) is 0.798. The molecule has 1 aromatic heterocycles. The highest BCUT2D eigenvalue weighted by atomic mass is 16.5. The zero-order valence-corrected chi connectivity index (χ0v) is 11.3. The predicted molar refractivity (Wildman–Crippen MR) is 81.0 cm³/mol. The molecule has 0 aliphatic rings. The van der Waals surface area contributed by atoms with Crippen LogP contribution >= 0.6 is 0 Å². The maximum atomic E-state index is 11.2. The average molecular weight is 278 g/mol. The lowest BCUT2D eigenvalue weighted by Gasteiger charge is -2.09. The molecule has 0 atom stereocenters. The van der Waals surface area contributed by atoms with Gasteiger partial charge in [-0.05, 0) is 24.3 Å². The van der Waals surface area contributed by atoms with Crippen LogP contribution in [0, 0.1) is 0 Å². The van der Waals surface area contributed by atoms with Gasteiger partial charge in [0.05, 0.1) is 5.52 Å². The Bertz CT molecular complexity index is 794. The molecule has 0 saturated heterocycles. The van der Waals surface area contributed by atoms with Gasteiger partial charge in [0.2, 0.25) is 5.91 Å². The van der Waals surface area contributed by atoms with Gasteiger partial charge < -0.3 is 10.5 Å². The first-order chi connectivity index (χ1) is 10.2. The molecule has 3 rings (SSSR count). The van der Waals surface area contributed by atoms with Crippen molar-refractivity contribution in [3.8, 4) is 5.75 Å². The van der Waals surface area contributed by atoms with E-state index in [2.05, 4.69) is 4.98 Å². The number of aromatic nitrogens is 1. The third-order valence-electron chi connectivity index (χ3n) is 3.23. The first kappa shape index (κ1) is 13.1. The Morgan fingerprint density at radius 1 is 1.10 bits per heavy atom. The van der Waals surface area contributed by atoms with Crippen LogP contribution in [0.5, 0.6) is 5.75 Å². The van der Waals surface area contributed by atoms with E-state index in [-0.39, 0.29) is 0 Å². The highest BCUT2D eigenvalue weighted by Crippen LogP contribution is 2.19. The fraction of sp³-hybridized carbons (Fsp3) is 0.0588. The van der Waals surface area contributed by atoms with Gasteiger partial charge >= 0.3 is 0 Å². The van der Waals surface area contributed by atoms with Crippen molar-refractivity contribution >= 4 is 16.8 Å². The van der Waals surface area contributed by atoms with E-state index in [1.54, 1.807) is 30.5 Å². The highest BCUT2D eigenvalue weighted by Gasteiger charge is 2.05. The molecule has 0 bridgehead atoms. The molecule has 4 heteroatoms. The van der Waals surface area contributed by atoms with Gasteiger partial charge in [0.25, 0.3) is 0 Å². The maximum absolute atomic E-state index is 11.2. The Balaban J connectivity index is 1.84. The minimum atomic E-state index is -0.465. The number of para-hydroxylation sites is 1. The van der Waals surface area contributed by atoms with Crippen LogP contribution in [0.2, 0.25) is 0 Å². The number of pyridine rings is 1. The number of hydrogen-bond donors (Lipinski definition) is 1. The standard InChI is InChI=1S/C17H14N2O2/c18-17(20)13-5-2-8-15(10-13)21-11-14-6-1-4-12-7-3-9-19-16(12)14/h1-10H,11H2,(H2,18,20). The largest absolute Gasteiger partial charge is 0.489 e. The second kappa shape index (κ2) is 5.63. The number of hydrogen-bond acceptors (Lipinski definition) is 3. The zero-order chi connectivity index (χ0) is 14.7. The summed E-state index contributed by atoms with van der Waals surface area (Å²) < 4.78 is 5.74. The van der Waals surface area contributed by atoms with E-state index in [4.69, 9.17) is 10.5 Å². The van der Waals surface area contributed by atoms with E-state index in [0.29, 0.717) is 17.9 Å². The van der Waals surface area contributed by atoms with Crippen molar-refractivity contribution in [3.63, 3.8) is 0 Å². The lowest BCUT2D eigenvalue weighted by Crippen LogP contribution is -2.10. The summed E-state index contributed by atoms with van der Waals surface area (Å²) in [5.41, 5.74) is 7.61. The van der Waals surface area contributed by atoms with Crippen LogP contribution in [0.1, 0.15) is 15.9 Å². The Morgan fingerprint density at radius 3 is 2.76 bits per heavy atom. The van der Waals surface area contributed by atoms with Crippen LogP contribution in [-0.4, -0.2) is 10.9 Å². The van der Waals surface area contributed by atoms with Crippen molar-refractivity contribution < 1.29 is 9.53 Å². The number of nitrogens with zero attached hydrogens (tertiary/aromatic N) is 1. The van der Waals surface area contributed by atoms with E-state index < -0.39 is 5.91 Å². The first-order valence-corrected chi connectivity index (χ1v) is 6.59. The SMILES string of the molecule is NC(=O)c1cccc(OCc2cccc3cccnc23)c1. The molecule has 0 aliphatic heterocycles. The minimum Gasteiger partial charge on any atom is -0.489 e. The molecule has 0 fully saturated rings. The minimum absolute atomic E-state index is 0.385. The molecule has 3 aromatic rings. The third-order valence-corrected chi connectivity index (χ3v) is 3.23. The van der Waals surface area contributed by atoms with Crippen LogP contribution in [0.15, 0.2) is 60.8 Å². The molecule has 0 spiro atoms. The van der Waals surface area contributed by atoms with E-state index in [1.807, 2.05) is 30.3 Å². The number of benzene rings is 2. The number of primary amides is 1. The Morgan fingerprint density at radius 2 is 1.90 bits per heavy atom. The highest BCUT2D eigenvalue weighted by molar-refractivity contribution is 5.93. The number of amides is 1. The number of rotatable bonds is 4. The summed E-state index contributed by atoms with van der Waals surface area (Å²) >= 11 is 0. The number of ether oxygens (including phenoxy) is 1. The maximum Gasteiger partial charge on any atom is 0.248 e. The summed E-state index contributed by atoms with van der Waals surface area (Å²) in [6.45, 7) is 0.385. The summed E-state index contributed by atoms with van der Waals surface area (Å²) in [6, 6.07) is 16.7. The molecule has 4 nitrogen and oxygen atoms in total. The van der Waals surface area contributed by atoms with Crippen LogP contribution < -0.4 is 10.5 Å². The molecule has 1 amide bonds. The van der Waals surface area contributed by atoms with Gasteiger partial charge in [-0.3, -0.25) is 9.78 Å². The van der Waals surface area contributed by atoms with Crippen LogP contribution in [-0.2, 0) is 6.61 Å². The summed E-state index contributed by atoms with van der Waals surface area (Å²) in [4.78, 5) is 15.5. The molecule has 1 heterocycles. The summed E-state index contributed by atoms with van der Waals surface area (Å²) in [6.07, 6.45) is 1.76. The van der Waals surface area contributed by atoms with Gasteiger partial charge in [-0.1, -0.05) is 30.3 Å². The van der Waals surface area contributed by atoms with E-state index >= 15 is 0 Å². The van der Waals surface area contributed by atoms with Crippen molar-refractivity contribution in [1.82, 2.24) is 4.98 Å². The van der Waals surface area contributed by atoms with Gasteiger partial charge in [-0.2, -0.15) is 0 Å². The lowest BCUT2D eigenvalue weighted by molar-refractivity contribution is 0.1000. The Kier molecular flexibility index (Phi) is 3.51. The van der Waals surface area contributed by atoms with Gasteiger partial charge in [0.15, 0.2) is 0 Å². The molecular weight excluding hydrogens is 264 g/mol. The summed E-state index contributed by atoms with van der Waals surface area (Å²) in [7, 11) is 0. The fourth-order valence-corrected chi connectivity index (χ4v) is 2.18. The van der Waals surface area contributed by atoms with Crippen molar-refractivity contribution in [1.29, 1.82) is 0 Å². The van der Waals surface area contributed by atoms with Gasteiger partial charge in [0.1, 0.15) is 12.4 Å². The summed E-state index contributed by atoms with van der Waals surface area (Å²) in [5.74, 6) is 0.145. The molecule has 0 radical (unpaired) electrons. The smallest absolute Gasteiger partial charge is 0.248 e. The molecule has 0 unspecified atom stereocenters. The van der Waals surface area contributed by atoms with E-state index in [1.165, 1.54) is 0 Å². The number of carbonyl (C=O) groups excluding carboxylic acids is 1. The number of nitrogens with two attached hydrogens (primary N) is 1. The predicted octanol–water partition coefficient (Wildman–Crippen LogP) is 2.91. The second-order valence-electron chi connectivity index (χ2n) is 4.67. The van der Waals surface area contributed by atoms with Crippen LogP contribution in [0.25, 0.3) is 10.9 Å². The third kappa shape index (κ3) is 2.84. The fourth-order valence-electron chi connectivity index (χ4n) is 2.18. The van der Waals surface area contributed by atoms with Crippen LogP contribution in [0.4, 0.5) is 0 Å². The van der Waals surface area contributed by atoms with E-state index in [0.717, 1.165) is 16.5 Å². The molecule has 0 saturated carbocycles. The molecule has 21 heavy (non-hydrogen) atoms. The summed E-state index contributed by atoms with van der Waals surface area (Å²) in [5, 5.41) is 1.07. The Hall–Kier alpha value is -2.88.